The number of nitrogens with zero attached hydrogens (tertiary/aromatic N) is 1. The van der Waals surface area contributed by atoms with Gasteiger partial charge in [-0.3, -0.25) is 5.43 Å². The fourth-order valence-electron chi connectivity index (χ4n) is 1.62. The van der Waals surface area contributed by atoms with E-state index in [4.69, 9.17) is 28.6 Å². The quantitative estimate of drug-likeness (QED) is 0.454. The summed E-state index contributed by atoms with van der Waals surface area (Å²) in [5.41, 5.74) is 3.96. The Balaban J connectivity index is 1.91. The van der Waals surface area contributed by atoms with E-state index in [0.717, 1.165) is 11.4 Å². The SMILES string of the molecule is COc1ccc(NC(=S)N/N=C/c2cc(Cl)ccc2O)cc1. The van der Waals surface area contributed by atoms with Crippen molar-refractivity contribution in [3.8, 4) is 11.5 Å². The molecule has 2 aromatic rings. The minimum atomic E-state index is 0.0870. The number of phenols is 1. The zero-order valence-corrected chi connectivity index (χ0v) is 13.3. The van der Waals surface area contributed by atoms with Gasteiger partial charge in [0.05, 0.1) is 13.3 Å². The fraction of sp³-hybridized carbons (Fsp3) is 0.0667. The second-order valence-electron chi connectivity index (χ2n) is 4.26. The fourth-order valence-corrected chi connectivity index (χ4v) is 1.97. The molecule has 0 bridgehead atoms. The summed E-state index contributed by atoms with van der Waals surface area (Å²) in [7, 11) is 1.61. The Hall–Kier alpha value is -2.31. The summed E-state index contributed by atoms with van der Waals surface area (Å²) >= 11 is 11.0. The number of phenolic OH excluding ortho intramolecular Hbond substituents is 1. The Morgan fingerprint density at radius 1 is 1.27 bits per heavy atom. The lowest BCUT2D eigenvalue weighted by molar-refractivity contribution is 0.415. The highest BCUT2D eigenvalue weighted by molar-refractivity contribution is 7.80. The van der Waals surface area contributed by atoms with Gasteiger partial charge >= 0.3 is 0 Å². The third-order valence-electron chi connectivity index (χ3n) is 2.71. The van der Waals surface area contributed by atoms with Crippen LogP contribution in [0.25, 0.3) is 0 Å². The number of hydrogen-bond acceptors (Lipinski definition) is 4. The van der Waals surface area contributed by atoms with Crippen LogP contribution in [-0.4, -0.2) is 23.5 Å². The van der Waals surface area contributed by atoms with Crippen LogP contribution in [0.15, 0.2) is 47.6 Å². The zero-order chi connectivity index (χ0) is 15.9. The highest BCUT2D eigenvalue weighted by Gasteiger charge is 2.00. The molecular formula is C15H14ClN3O2S. The normalized spacial score (nSPS) is 10.5. The molecular weight excluding hydrogens is 322 g/mol. The summed E-state index contributed by atoms with van der Waals surface area (Å²) in [6.45, 7) is 0. The summed E-state index contributed by atoms with van der Waals surface area (Å²) in [5, 5.41) is 17.4. The maximum absolute atomic E-state index is 9.65. The molecule has 5 nitrogen and oxygen atoms in total. The second kappa shape index (κ2) is 7.63. The second-order valence-corrected chi connectivity index (χ2v) is 5.10. The lowest BCUT2D eigenvalue weighted by Gasteiger charge is -2.07. The van der Waals surface area contributed by atoms with E-state index >= 15 is 0 Å². The van der Waals surface area contributed by atoms with Gasteiger partial charge in [-0.2, -0.15) is 5.10 Å². The van der Waals surface area contributed by atoms with Gasteiger partial charge in [0.2, 0.25) is 0 Å². The number of aromatic hydroxyl groups is 1. The minimum absolute atomic E-state index is 0.0870. The van der Waals surface area contributed by atoms with Crippen molar-refractivity contribution in [2.75, 3.05) is 12.4 Å². The van der Waals surface area contributed by atoms with Crippen LogP contribution in [0.4, 0.5) is 5.69 Å². The molecule has 0 fully saturated rings. The van der Waals surface area contributed by atoms with Crippen molar-refractivity contribution in [2.45, 2.75) is 0 Å². The lowest BCUT2D eigenvalue weighted by atomic mass is 10.2. The Labute approximate surface area is 138 Å². The van der Waals surface area contributed by atoms with Gasteiger partial charge < -0.3 is 15.2 Å². The predicted octanol–water partition coefficient (Wildman–Crippen LogP) is 3.37. The number of ether oxygens (including phenoxy) is 1. The van der Waals surface area contributed by atoms with E-state index in [1.165, 1.54) is 12.3 Å². The Morgan fingerprint density at radius 2 is 2.00 bits per heavy atom. The molecule has 3 N–H and O–H groups in total. The molecule has 0 spiro atoms. The summed E-state index contributed by atoms with van der Waals surface area (Å²) in [4.78, 5) is 0. The summed E-state index contributed by atoms with van der Waals surface area (Å²) in [6, 6.07) is 12.0. The van der Waals surface area contributed by atoms with Gasteiger partial charge in [-0.15, -0.1) is 0 Å². The largest absolute Gasteiger partial charge is 0.507 e. The van der Waals surface area contributed by atoms with Gasteiger partial charge in [0.15, 0.2) is 5.11 Å². The van der Waals surface area contributed by atoms with Crippen LogP contribution in [0.3, 0.4) is 0 Å². The number of methoxy groups -OCH3 is 1. The molecule has 0 aliphatic rings. The molecule has 0 aliphatic carbocycles. The number of anilines is 1. The standard InChI is InChI=1S/C15H14ClN3O2S/c1-21-13-5-3-12(4-6-13)18-15(22)19-17-9-10-8-11(16)2-7-14(10)20/h2-9,20H,1H3,(H2,18,19,22)/b17-9+. The monoisotopic (exact) mass is 335 g/mol. The number of rotatable bonds is 4. The Bertz CT molecular complexity index is 690. The minimum Gasteiger partial charge on any atom is -0.507 e. The first kappa shape index (κ1) is 16.1. The van der Waals surface area contributed by atoms with E-state index in [9.17, 15) is 5.11 Å². The van der Waals surface area contributed by atoms with Crippen LogP contribution in [0.2, 0.25) is 5.02 Å². The van der Waals surface area contributed by atoms with Crippen LogP contribution in [0.1, 0.15) is 5.56 Å². The van der Waals surface area contributed by atoms with Crippen molar-refractivity contribution >= 4 is 40.8 Å². The van der Waals surface area contributed by atoms with E-state index in [1.807, 2.05) is 24.3 Å². The van der Waals surface area contributed by atoms with Crippen molar-refractivity contribution in [3.63, 3.8) is 0 Å². The zero-order valence-electron chi connectivity index (χ0n) is 11.7. The Morgan fingerprint density at radius 3 is 2.68 bits per heavy atom. The van der Waals surface area contributed by atoms with Gasteiger partial charge in [0, 0.05) is 16.3 Å². The van der Waals surface area contributed by atoms with Crippen molar-refractivity contribution in [2.24, 2.45) is 5.10 Å². The number of benzene rings is 2. The first-order valence-corrected chi connectivity index (χ1v) is 7.10. The number of thiocarbonyl (C=S) groups is 1. The Kier molecular flexibility index (Phi) is 5.57. The maximum Gasteiger partial charge on any atom is 0.191 e. The third-order valence-corrected chi connectivity index (χ3v) is 3.14. The van der Waals surface area contributed by atoms with Crippen molar-refractivity contribution < 1.29 is 9.84 Å². The van der Waals surface area contributed by atoms with Crippen molar-refractivity contribution in [3.05, 3.63) is 53.1 Å². The van der Waals surface area contributed by atoms with E-state index in [-0.39, 0.29) is 5.75 Å². The van der Waals surface area contributed by atoms with E-state index in [0.29, 0.717) is 15.7 Å². The average Bonchev–Trinajstić information content (AvgIpc) is 2.51. The molecule has 2 aromatic carbocycles. The molecule has 22 heavy (non-hydrogen) atoms. The molecule has 0 radical (unpaired) electrons. The molecule has 0 aliphatic heterocycles. The predicted molar refractivity (Wildman–Crippen MR) is 93.1 cm³/mol. The maximum atomic E-state index is 9.65. The topological polar surface area (TPSA) is 65.9 Å². The van der Waals surface area contributed by atoms with Crippen LogP contribution < -0.4 is 15.5 Å². The van der Waals surface area contributed by atoms with Gasteiger partial charge in [0.1, 0.15) is 11.5 Å². The van der Waals surface area contributed by atoms with E-state index in [1.54, 1.807) is 19.2 Å². The summed E-state index contributed by atoms with van der Waals surface area (Å²) in [5.74, 6) is 0.850. The average molecular weight is 336 g/mol. The van der Waals surface area contributed by atoms with Crippen LogP contribution in [-0.2, 0) is 0 Å². The van der Waals surface area contributed by atoms with Crippen LogP contribution >= 0.6 is 23.8 Å². The van der Waals surface area contributed by atoms with Gasteiger partial charge in [-0.25, -0.2) is 0 Å². The third kappa shape index (κ3) is 4.61. The number of hydrogen-bond donors (Lipinski definition) is 3. The molecule has 0 aromatic heterocycles. The molecule has 0 heterocycles. The summed E-state index contributed by atoms with van der Waals surface area (Å²) < 4.78 is 5.07. The molecule has 0 saturated carbocycles. The number of nitrogens with one attached hydrogen (secondary N) is 2. The highest BCUT2D eigenvalue weighted by Crippen LogP contribution is 2.19. The van der Waals surface area contributed by atoms with Crippen molar-refractivity contribution in [1.82, 2.24) is 5.43 Å². The van der Waals surface area contributed by atoms with Crippen LogP contribution in [0.5, 0.6) is 11.5 Å². The highest BCUT2D eigenvalue weighted by atomic mass is 35.5. The van der Waals surface area contributed by atoms with Gasteiger partial charge in [-0.1, -0.05) is 11.6 Å². The smallest absolute Gasteiger partial charge is 0.191 e. The molecule has 2 rings (SSSR count). The molecule has 0 amide bonds. The first-order valence-electron chi connectivity index (χ1n) is 6.31. The van der Waals surface area contributed by atoms with Gasteiger partial charge in [0.25, 0.3) is 0 Å². The lowest BCUT2D eigenvalue weighted by Crippen LogP contribution is -2.23. The number of halogens is 1. The molecule has 114 valence electrons. The van der Waals surface area contributed by atoms with Crippen LogP contribution in [0, 0.1) is 0 Å². The molecule has 0 saturated heterocycles. The first-order chi connectivity index (χ1) is 10.6. The number of hydrazone groups is 1. The summed E-state index contributed by atoms with van der Waals surface area (Å²) in [6.07, 6.45) is 1.43. The van der Waals surface area contributed by atoms with E-state index in [2.05, 4.69) is 15.8 Å². The molecule has 0 atom stereocenters. The van der Waals surface area contributed by atoms with Gasteiger partial charge in [-0.05, 0) is 54.7 Å². The van der Waals surface area contributed by atoms with Crippen molar-refractivity contribution in [1.29, 1.82) is 0 Å². The molecule has 7 heteroatoms. The van der Waals surface area contributed by atoms with E-state index < -0.39 is 0 Å². The molecule has 0 unspecified atom stereocenters.